The van der Waals surface area contributed by atoms with Crippen LogP contribution in [-0.2, 0) is 16.0 Å². The highest BCUT2D eigenvalue weighted by atomic mass is 16.5. The Balaban J connectivity index is 1.34. The second-order valence-electron chi connectivity index (χ2n) is 11.7. The number of piperazine rings is 1. The number of rotatable bonds is 6. The van der Waals surface area contributed by atoms with E-state index in [1.54, 1.807) is 18.7 Å². The molecular weight excluding hydrogens is 456 g/mol. The molecule has 1 saturated heterocycles. The van der Waals surface area contributed by atoms with Gasteiger partial charge in [-0.3, -0.25) is 9.59 Å². The predicted molar refractivity (Wildman–Crippen MR) is 134 cm³/mol. The van der Waals surface area contributed by atoms with E-state index in [0.29, 0.717) is 43.5 Å². The molecule has 2 heterocycles. The summed E-state index contributed by atoms with van der Waals surface area (Å²) in [5.74, 6) is 2.12. The predicted octanol–water partition coefficient (Wildman–Crippen LogP) is 3.80. The monoisotopic (exact) mass is 496 g/mol. The average molecular weight is 497 g/mol. The first-order chi connectivity index (χ1) is 17.2. The van der Waals surface area contributed by atoms with Crippen LogP contribution < -0.4 is 0 Å². The van der Waals surface area contributed by atoms with Crippen LogP contribution >= 0.6 is 0 Å². The van der Waals surface area contributed by atoms with Gasteiger partial charge in [0, 0.05) is 25.7 Å². The summed E-state index contributed by atoms with van der Waals surface area (Å²) in [5.41, 5.74) is 0.701. The molecule has 4 aliphatic carbocycles. The first-order valence-corrected chi connectivity index (χ1v) is 13.9. The molecule has 8 heteroatoms. The molecule has 0 N–H and O–H groups in total. The summed E-state index contributed by atoms with van der Waals surface area (Å²) in [4.78, 5) is 53.1. The molecule has 6 rings (SSSR count). The first-order valence-electron chi connectivity index (χ1n) is 13.9. The number of aromatic nitrogens is 2. The van der Waals surface area contributed by atoms with E-state index >= 15 is 0 Å². The summed E-state index contributed by atoms with van der Waals surface area (Å²) in [6, 6.07) is -0.0766. The number of ether oxygens (including phenoxy) is 1. The number of aryl methyl sites for hydroxylation is 2. The van der Waals surface area contributed by atoms with Crippen molar-refractivity contribution in [3.63, 3.8) is 0 Å². The molecule has 196 valence electrons. The third-order valence-electron chi connectivity index (χ3n) is 8.93. The maximum Gasteiger partial charge on any atom is 0.342 e. The van der Waals surface area contributed by atoms with Crippen molar-refractivity contribution in [2.45, 2.75) is 85.1 Å². The molecule has 1 atom stereocenters. The zero-order valence-electron chi connectivity index (χ0n) is 22.2. The molecule has 36 heavy (non-hydrogen) atoms. The van der Waals surface area contributed by atoms with Crippen LogP contribution in [0.2, 0.25) is 0 Å². The average Bonchev–Trinajstić information content (AvgIpc) is 2.82. The lowest BCUT2D eigenvalue weighted by molar-refractivity contribution is -0.161. The van der Waals surface area contributed by atoms with Gasteiger partial charge in [0.25, 0.3) is 5.91 Å². The Morgan fingerprint density at radius 1 is 1.00 bits per heavy atom. The Kier molecular flexibility index (Phi) is 6.81. The molecule has 0 radical (unpaired) electrons. The summed E-state index contributed by atoms with van der Waals surface area (Å²) < 4.78 is 5.28. The molecule has 0 aromatic carbocycles. The van der Waals surface area contributed by atoms with Crippen molar-refractivity contribution in [3.05, 3.63) is 22.8 Å². The highest BCUT2D eigenvalue weighted by Crippen LogP contribution is 2.60. The summed E-state index contributed by atoms with van der Waals surface area (Å²) in [7, 11) is 0. The highest BCUT2D eigenvalue weighted by Gasteiger charge is 2.56. The van der Waals surface area contributed by atoms with Crippen molar-refractivity contribution in [1.82, 2.24) is 19.8 Å². The molecule has 1 unspecified atom stereocenters. The van der Waals surface area contributed by atoms with Crippen molar-refractivity contribution < 1.29 is 19.1 Å². The van der Waals surface area contributed by atoms with Crippen molar-refractivity contribution >= 4 is 17.8 Å². The van der Waals surface area contributed by atoms with Crippen LogP contribution in [0.3, 0.4) is 0 Å². The molecule has 5 aliphatic rings. The zero-order valence-corrected chi connectivity index (χ0v) is 22.2. The Bertz CT molecular complexity index is 1020. The van der Waals surface area contributed by atoms with E-state index in [9.17, 15) is 14.4 Å². The molecule has 5 fully saturated rings. The van der Waals surface area contributed by atoms with Crippen molar-refractivity contribution in [3.8, 4) is 0 Å². The van der Waals surface area contributed by atoms with Gasteiger partial charge in [-0.2, -0.15) is 0 Å². The van der Waals surface area contributed by atoms with Gasteiger partial charge >= 0.3 is 5.97 Å². The van der Waals surface area contributed by atoms with Crippen LogP contribution in [0.1, 0.15) is 98.1 Å². The molecule has 0 spiro atoms. The van der Waals surface area contributed by atoms with Gasteiger partial charge in [0.1, 0.15) is 17.1 Å². The second kappa shape index (κ2) is 9.75. The standard InChI is InChI=1S/C28H40N4O4/c1-5-7-22-23(26(34)36-6-2)24(30-18(4)29-22)25(33)31-8-9-32(17(3)16-31)27(35)28-13-19-10-20(14-28)12-21(11-19)15-28/h17,19-21H,5-16H2,1-4H3. The Hall–Kier alpha value is -2.51. The van der Waals surface area contributed by atoms with E-state index in [0.717, 1.165) is 43.4 Å². The lowest BCUT2D eigenvalue weighted by Gasteiger charge is -2.57. The van der Waals surface area contributed by atoms with Gasteiger partial charge < -0.3 is 14.5 Å². The Morgan fingerprint density at radius 2 is 1.64 bits per heavy atom. The number of hydrogen-bond donors (Lipinski definition) is 0. The number of esters is 1. The van der Waals surface area contributed by atoms with Gasteiger partial charge in [-0.1, -0.05) is 13.3 Å². The van der Waals surface area contributed by atoms with Gasteiger partial charge in [-0.05, 0) is 83.5 Å². The second-order valence-corrected chi connectivity index (χ2v) is 11.7. The molecule has 8 nitrogen and oxygen atoms in total. The van der Waals surface area contributed by atoms with Crippen LogP contribution in [0.4, 0.5) is 0 Å². The molecule has 2 amide bonds. The SMILES string of the molecule is CCCc1nc(C)nc(C(=O)N2CCN(C(=O)C34CC5CC(CC(C5)C3)C4)C(C)C2)c1C(=O)OCC. The van der Waals surface area contributed by atoms with Crippen LogP contribution in [-0.4, -0.2) is 69.8 Å². The summed E-state index contributed by atoms with van der Waals surface area (Å²) in [5, 5.41) is 0. The fraction of sp³-hybridized carbons (Fsp3) is 0.750. The smallest absolute Gasteiger partial charge is 0.342 e. The van der Waals surface area contributed by atoms with Crippen molar-refractivity contribution in [1.29, 1.82) is 0 Å². The number of amides is 2. The number of carbonyl (C=O) groups excluding carboxylic acids is 3. The Morgan fingerprint density at radius 3 is 2.19 bits per heavy atom. The quantitative estimate of drug-likeness (QED) is 0.556. The molecule has 4 bridgehead atoms. The van der Waals surface area contributed by atoms with Crippen LogP contribution in [0, 0.1) is 30.1 Å². The normalized spacial score (nSPS) is 31.0. The topological polar surface area (TPSA) is 92.7 Å². The summed E-state index contributed by atoms with van der Waals surface area (Å²) >= 11 is 0. The lowest BCUT2D eigenvalue weighted by atomic mass is 9.49. The van der Waals surface area contributed by atoms with E-state index in [1.165, 1.54) is 19.3 Å². The minimum Gasteiger partial charge on any atom is -0.462 e. The molecule has 1 aromatic rings. The van der Waals surface area contributed by atoms with E-state index in [-0.39, 0.29) is 35.2 Å². The van der Waals surface area contributed by atoms with E-state index in [2.05, 4.69) is 9.97 Å². The van der Waals surface area contributed by atoms with E-state index in [4.69, 9.17) is 4.74 Å². The Labute approximate surface area is 214 Å². The van der Waals surface area contributed by atoms with Gasteiger partial charge in [-0.15, -0.1) is 0 Å². The molecule has 1 aromatic heterocycles. The van der Waals surface area contributed by atoms with Gasteiger partial charge in [0.2, 0.25) is 5.91 Å². The molecule has 1 aliphatic heterocycles. The van der Waals surface area contributed by atoms with Crippen LogP contribution in [0.15, 0.2) is 0 Å². The minimum atomic E-state index is -0.548. The molecule has 4 saturated carbocycles. The third-order valence-corrected chi connectivity index (χ3v) is 8.93. The number of hydrogen-bond acceptors (Lipinski definition) is 6. The zero-order chi connectivity index (χ0) is 25.6. The first kappa shape index (κ1) is 25.2. The van der Waals surface area contributed by atoms with Crippen LogP contribution in [0.25, 0.3) is 0 Å². The largest absolute Gasteiger partial charge is 0.462 e. The number of carbonyl (C=O) groups is 3. The van der Waals surface area contributed by atoms with Crippen molar-refractivity contribution in [2.24, 2.45) is 23.2 Å². The maximum atomic E-state index is 13.9. The lowest BCUT2D eigenvalue weighted by Crippen LogP contribution is -2.61. The van der Waals surface area contributed by atoms with Crippen molar-refractivity contribution in [2.75, 3.05) is 26.2 Å². The summed E-state index contributed by atoms with van der Waals surface area (Å²) in [6.07, 6.45) is 8.44. The fourth-order valence-corrected chi connectivity index (χ4v) is 7.89. The number of nitrogens with zero attached hydrogens (tertiary/aromatic N) is 4. The van der Waals surface area contributed by atoms with E-state index in [1.807, 2.05) is 18.7 Å². The fourth-order valence-electron chi connectivity index (χ4n) is 7.89. The maximum absolute atomic E-state index is 13.9. The highest BCUT2D eigenvalue weighted by molar-refractivity contribution is 6.04. The van der Waals surface area contributed by atoms with Gasteiger partial charge in [-0.25, -0.2) is 14.8 Å². The molecular formula is C28H40N4O4. The van der Waals surface area contributed by atoms with E-state index < -0.39 is 5.97 Å². The minimum absolute atomic E-state index is 0.0766. The van der Waals surface area contributed by atoms with Crippen LogP contribution in [0.5, 0.6) is 0 Å². The third kappa shape index (κ3) is 4.41. The summed E-state index contributed by atoms with van der Waals surface area (Å²) in [6.45, 7) is 9.15. The van der Waals surface area contributed by atoms with Gasteiger partial charge in [0.05, 0.1) is 17.7 Å². The van der Waals surface area contributed by atoms with Gasteiger partial charge in [0.15, 0.2) is 0 Å².